The first-order chi connectivity index (χ1) is 10.0. The lowest BCUT2D eigenvalue weighted by Crippen LogP contribution is -2.39. The summed E-state index contributed by atoms with van der Waals surface area (Å²) in [6, 6.07) is 5.31. The number of nitrogens with two attached hydrogens (primary N) is 1. The molecule has 0 unspecified atom stereocenters. The largest absolute Gasteiger partial charge is 0.492 e. The minimum atomic E-state index is 0.0759. The van der Waals surface area contributed by atoms with Crippen molar-refractivity contribution in [3.63, 3.8) is 0 Å². The molecule has 0 bridgehead atoms. The number of rotatable bonds is 4. The van der Waals surface area contributed by atoms with Crippen molar-refractivity contribution in [1.29, 1.82) is 0 Å². The fraction of sp³-hybridized carbons (Fsp3) is 0.588. The van der Waals surface area contributed by atoms with E-state index in [0.29, 0.717) is 29.5 Å². The second-order valence-corrected chi connectivity index (χ2v) is 6.06. The molecular weight excluding hydrogens is 264 g/mol. The summed E-state index contributed by atoms with van der Waals surface area (Å²) in [6.07, 6.45) is 2.19. The molecule has 0 aromatic heterocycles. The lowest BCUT2D eigenvalue weighted by atomic mass is 9.86. The Kier molecular flexibility index (Phi) is 5.10. The van der Waals surface area contributed by atoms with E-state index in [1.54, 1.807) is 18.2 Å². The number of nitrogens with zero attached hydrogens (tertiary/aromatic N) is 1. The molecule has 0 radical (unpaired) electrons. The Balaban J connectivity index is 2.02. The van der Waals surface area contributed by atoms with Crippen LogP contribution in [0.1, 0.15) is 44.0 Å². The van der Waals surface area contributed by atoms with E-state index in [0.717, 1.165) is 31.8 Å². The minimum absolute atomic E-state index is 0.0759. The van der Waals surface area contributed by atoms with Crippen LogP contribution in [0.5, 0.6) is 5.75 Å². The zero-order valence-electron chi connectivity index (χ0n) is 13.3. The van der Waals surface area contributed by atoms with Gasteiger partial charge in [-0.2, -0.15) is 0 Å². The maximum atomic E-state index is 12.5. The number of hydrogen-bond acceptors (Lipinski definition) is 3. The average molecular weight is 290 g/mol. The molecule has 1 heterocycles. The molecule has 116 valence electrons. The number of anilines is 1. The summed E-state index contributed by atoms with van der Waals surface area (Å²) in [6.45, 7) is 8.69. The molecule has 1 aromatic rings. The molecule has 0 saturated carbocycles. The lowest BCUT2D eigenvalue weighted by Gasteiger charge is -2.34. The second kappa shape index (κ2) is 6.83. The number of amides is 1. The summed E-state index contributed by atoms with van der Waals surface area (Å²) >= 11 is 0. The highest BCUT2D eigenvalue weighted by atomic mass is 16.5. The van der Waals surface area contributed by atoms with Crippen LogP contribution < -0.4 is 10.5 Å². The van der Waals surface area contributed by atoms with Gasteiger partial charge >= 0.3 is 0 Å². The Bertz CT molecular complexity index is 492. The van der Waals surface area contributed by atoms with Crippen LogP contribution in [0, 0.1) is 11.8 Å². The van der Waals surface area contributed by atoms with Crippen LogP contribution >= 0.6 is 0 Å². The van der Waals surface area contributed by atoms with Crippen LogP contribution in [0.25, 0.3) is 0 Å². The molecule has 1 amide bonds. The number of benzene rings is 1. The summed E-state index contributed by atoms with van der Waals surface area (Å²) in [4.78, 5) is 14.5. The van der Waals surface area contributed by atoms with Gasteiger partial charge < -0.3 is 15.4 Å². The van der Waals surface area contributed by atoms with E-state index in [4.69, 9.17) is 10.5 Å². The Morgan fingerprint density at radius 2 is 2.05 bits per heavy atom. The van der Waals surface area contributed by atoms with Gasteiger partial charge in [0.15, 0.2) is 0 Å². The van der Waals surface area contributed by atoms with E-state index >= 15 is 0 Å². The highest BCUT2D eigenvalue weighted by molar-refractivity contribution is 5.95. The van der Waals surface area contributed by atoms with E-state index in [9.17, 15) is 4.79 Å². The summed E-state index contributed by atoms with van der Waals surface area (Å²) in [5, 5.41) is 0. The van der Waals surface area contributed by atoms with Gasteiger partial charge in [-0.3, -0.25) is 4.79 Å². The number of nitrogen functional groups attached to an aromatic ring is 1. The summed E-state index contributed by atoms with van der Waals surface area (Å²) in [5.41, 5.74) is 7.12. The first-order valence-electron chi connectivity index (χ1n) is 7.84. The van der Waals surface area contributed by atoms with Crippen LogP contribution in [0.2, 0.25) is 0 Å². The monoisotopic (exact) mass is 290 g/mol. The van der Waals surface area contributed by atoms with Gasteiger partial charge in [-0.15, -0.1) is 0 Å². The third-order valence-corrected chi connectivity index (χ3v) is 4.33. The Morgan fingerprint density at radius 3 is 2.57 bits per heavy atom. The molecule has 0 atom stereocenters. The van der Waals surface area contributed by atoms with E-state index < -0.39 is 0 Å². The third kappa shape index (κ3) is 3.69. The van der Waals surface area contributed by atoms with Crippen LogP contribution in [-0.4, -0.2) is 30.5 Å². The van der Waals surface area contributed by atoms with E-state index in [-0.39, 0.29) is 5.91 Å². The molecule has 1 aromatic carbocycles. The van der Waals surface area contributed by atoms with Gasteiger partial charge in [-0.05, 0) is 49.8 Å². The van der Waals surface area contributed by atoms with Crippen LogP contribution in [0.3, 0.4) is 0 Å². The highest BCUT2D eigenvalue weighted by Crippen LogP contribution is 2.27. The average Bonchev–Trinajstić information content (AvgIpc) is 2.49. The maximum absolute atomic E-state index is 12.5. The zero-order chi connectivity index (χ0) is 15.4. The molecule has 1 saturated heterocycles. The number of ether oxygens (including phenoxy) is 1. The van der Waals surface area contributed by atoms with Crippen LogP contribution in [-0.2, 0) is 0 Å². The van der Waals surface area contributed by atoms with Crippen molar-refractivity contribution < 1.29 is 9.53 Å². The lowest BCUT2D eigenvalue weighted by molar-refractivity contribution is 0.0667. The van der Waals surface area contributed by atoms with Gasteiger partial charge in [0.05, 0.1) is 12.3 Å². The van der Waals surface area contributed by atoms with Crippen molar-refractivity contribution >= 4 is 11.6 Å². The maximum Gasteiger partial charge on any atom is 0.253 e. The number of hydrogen-bond donors (Lipinski definition) is 1. The van der Waals surface area contributed by atoms with Crippen molar-refractivity contribution in [2.24, 2.45) is 11.8 Å². The topological polar surface area (TPSA) is 55.6 Å². The van der Waals surface area contributed by atoms with Gasteiger partial charge in [-0.25, -0.2) is 0 Å². The van der Waals surface area contributed by atoms with Gasteiger partial charge in [-0.1, -0.05) is 13.8 Å². The molecule has 2 rings (SSSR count). The molecule has 0 spiro atoms. The number of carbonyl (C=O) groups excluding carboxylic acids is 1. The Labute approximate surface area is 127 Å². The van der Waals surface area contributed by atoms with Gasteiger partial charge in [0, 0.05) is 18.7 Å². The zero-order valence-corrected chi connectivity index (χ0v) is 13.3. The molecular formula is C17H26N2O2. The van der Waals surface area contributed by atoms with Gasteiger partial charge in [0.2, 0.25) is 0 Å². The van der Waals surface area contributed by atoms with E-state index in [1.807, 2.05) is 11.8 Å². The van der Waals surface area contributed by atoms with Crippen molar-refractivity contribution in [2.45, 2.75) is 33.6 Å². The summed E-state index contributed by atoms with van der Waals surface area (Å²) in [5.74, 6) is 2.15. The van der Waals surface area contributed by atoms with Gasteiger partial charge in [0.25, 0.3) is 5.91 Å². The first-order valence-corrected chi connectivity index (χ1v) is 7.84. The molecule has 21 heavy (non-hydrogen) atoms. The SMILES string of the molecule is CCOc1ccc(C(=O)N2CCC(C(C)C)CC2)cc1N. The van der Waals surface area contributed by atoms with Crippen molar-refractivity contribution in [1.82, 2.24) is 4.90 Å². The normalized spacial score (nSPS) is 16.3. The molecule has 1 fully saturated rings. The minimum Gasteiger partial charge on any atom is -0.492 e. The predicted octanol–water partition coefficient (Wildman–Crippen LogP) is 3.18. The van der Waals surface area contributed by atoms with E-state index in [2.05, 4.69) is 13.8 Å². The standard InChI is InChI=1S/C17H26N2O2/c1-4-21-16-6-5-14(11-15(16)18)17(20)19-9-7-13(8-10-19)12(2)3/h5-6,11-13H,4,7-10,18H2,1-3H3. The van der Waals surface area contributed by atoms with Crippen LogP contribution in [0.15, 0.2) is 18.2 Å². The second-order valence-electron chi connectivity index (χ2n) is 6.06. The van der Waals surface area contributed by atoms with Crippen LogP contribution in [0.4, 0.5) is 5.69 Å². The molecule has 4 heteroatoms. The fourth-order valence-corrected chi connectivity index (χ4v) is 2.92. The van der Waals surface area contributed by atoms with Crippen molar-refractivity contribution in [3.8, 4) is 5.75 Å². The molecule has 2 N–H and O–H groups in total. The quantitative estimate of drug-likeness (QED) is 0.867. The Hall–Kier alpha value is -1.71. The predicted molar refractivity (Wildman–Crippen MR) is 85.5 cm³/mol. The highest BCUT2D eigenvalue weighted by Gasteiger charge is 2.25. The molecule has 1 aliphatic rings. The van der Waals surface area contributed by atoms with Crippen molar-refractivity contribution in [2.75, 3.05) is 25.4 Å². The number of carbonyl (C=O) groups is 1. The Morgan fingerprint density at radius 1 is 1.38 bits per heavy atom. The fourth-order valence-electron chi connectivity index (χ4n) is 2.92. The molecule has 4 nitrogen and oxygen atoms in total. The third-order valence-electron chi connectivity index (χ3n) is 4.33. The van der Waals surface area contributed by atoms with Crippen molar-refractivity contribution in [3.05, 3.63) is 23.8 Å². The number of piperidine rings is 1. The number of likely N-dealkylation sites (tertiary alicyclic amines) is 1. The molecule has 1 aliphatic heterocycles. The van der Waals surface area contributed by atoms with E-state index in [1.165, 1.54) is 0 Å². The summed E-state index contributed by atoms with van der Waals surface area (Å²) < 4.78 is 5.41. The molecule has 0 aliphatic carbocycles. The smallest absolute Gasteiger partial charge is 0.253 e. The first kappa shape index (κ1) is 15.7. The summed E-state index contributed by atoms with van der Waals surface area (Å²) in [7, 11) is 0. The van der Waals surface area contributed by atoms with Gasteiger partial charge in [0.1, 0.15) is 5.75 Å².